The van der Waals surface area contributed by atoms with Gasteiger partial charge in [0.15, 0.2) is 0 Å². The molecule has 0 aromatic carbocycles. The molecule has 3 nitrogen and oxygen atoms in total. The number of methoxy groups -OCH3 is 1. The molecule has 0 amide bonds. The number of hydrogen-bond acceptors (Lipinski definition) is 4. The van der Waals surface area contributed by atoms with Crippen LogP contribution < -0.4 is 5.32 Å². The van der Waals surface area contributed by atoms with Gasteiger partial charge in [0.25, 0.3) is 0 Å². The van der Waals surface area contributed by atoms with Crippen molar-refractivity contribution in [1.29, 1.82) is 0 Å². The molecular weight excluding hydrogens is 184 g/mol. The third kappa shape index (κ3) is 3.85. The van der Waals surface area contributed by atoms with Crippen molar-refractivity contribution in [3.05, 3.63) is 16.1 Å². The summed E-state index contributed by atoms with van der Waals surface area (Å²) in [6.07, 6.45) is 0.265. The average Bonchev–Trinajstić information content (AvgIpc) is 2.51. The van der Waals surface area contributed by atoms with E-state index in [1.54, 1.807) is 18.4 Å². The van der Waals surface area contributed by atoms with Crippen LogP contribution in [0.4, 0.5) is 0 Å². The molecule has 0 aliphatic carbocycles. The second-order valence-corrected chi connectivity index (χ2v) is 4.00. The Labute approximate surface area is 83.1 Å². The van der Waals surface area contributed by atoms with E-state index < -0.39 is 0 Å². The van der Waals surface area contributed by atoms with Crippen LogP contribution in [-0.2, 0) is 11.3 Å². The molecule has 0 saturated carbocycles. The van der Waals surface area contributed by atoms with Crippen LogP contribution in [0.3, 0.4) is 0 Å². The highest BCUT2D eigenvalue weighted by Crippen LogP contribution is 2.07. The van der Waals surface area contributed by atoms with Crippen molar-refractivity contribution in [2.75, 3.05) is 13.7 Å². The smallest absolute Gasteiger partial charge is 0.107 e. The molecule has 0 radical (unpaired) electrons. The molecule has 1 aromatic heterocycles. The molecule has 1 atom stereocenters. The van der Waals surface area contributed by atoms with Crippen LogP contribution in [0.1, 0.15) is 17.6 Å². The van der Waals surface area contributed by atoms with Gasteiger partial charge in [0.2, 0.25) is 0 Å². The lowest BCUT2D eigenvalue weighted by molar-refractivity contribution is 0.117. The quantitative estimate of drug-likeness (QED) is 0.783. The zero-order valence-corrected chi connectivity index (χ0v) is 9.15. The van der Waals surface area contributed by atoms with Gasteiger partial charge in [-0.15, -0.1) is 11.3 Å². The van der Waals surface area contributed by atoms with Gasteiger partial charge >= 0.3 is 0 Å². The van der Waals surface area contributed by atoms with E-state index >= 15 is 0 Å². The molecule has 1 rings (SSSR count). The van der Waals surface area contributed by atoms with Crippen molar-refractivity contribution in [2.24, 2.45) is 0 Å². The normalized spacial score (nSPS) is 13.2. The SMILES string of the molecule is COC(C)CNCc1nc(C)cs1. The zero-order chi connectivity index (χ0) is 9.68. The van der Waals surface area contributed by atoms with Crippen LogP contribution >= 0.6 is 11.3 Å². The Hall–Kier alpha value is -0.450. The molecule has 0 fully saturated rings. The maximum atomic E-state index is 5.11. The number of thiazole rings is 1. The minimum absolute atomic E-state index is 0.265. The number of ether oxygens (including phenoxy) is 1. The molecule has 0 saturated heterocycles. The molecule has 13 heavy (non-hydrogen) atoms. The van der Waals surface area contributed by atoms with E-state index in [0.29, 0.717) is 0 Å². The van der Waals surface area contributed by atoms with E-state index in [9.17, 15) is 0 Å². The first kappa shape index (κ1) is 10.6. The average molecular weight is 200 g/mol. The maximum absolute atomic E-state index is 5.11. The molecule has 0 aliphatic heterocycles. The molecule has 1 N–H and O–H groups in total. The van der Waals surface area contributed by atoms with Gasteiger partial charge in [0, 0.05) is 31.3 Å². The second-order valence-electron chi connectivity index (χ2n) is 3.06. The highest BCUT2D eigenvalue weighted by molar-refractivity contribution is 7.09. The standard InChI is InChI=1S/C9H16N2OS/c1-7-6-13-9(11-7)5-10-4-8(2)12-3/h6,8,10H,4-5H2,1-3H3. The van der Waals surface area contributed by atoms with Gasteiger partial charge in [0.1, 0.15) is 5.01 Å². The second kappa shape index (κ2) is 5.32. The summed E-state index contributed by atoms with van der Waals surface area (Å²) in [5.74, 6) is 0. The zero-order valence-electron chi connectivity index (χ0n) is 8.33. The van der Waals surface area contributed by atoms with Crippen LogP contribution in [0, 0.1) is 6.92 Å². The fraction of sp³-hybridized carbons (Fsp3) is 0.667. The lowest BCUT2D eigenvalue weighted by atomic mass is 10.4. The highest BCUT2D eigenvalue weighted by atomic mass is 32.1. The predicted molar refractivity (Wildman–Crippen MR) is 55.0 cm³/mol. The monoisotopic (exact) mass is 200 g/mol. The van der Waals surface area contributed by atoms with Crippen LogP contribution in [0.2, 0.25) is 0 Å². The van der Waals surface area contributed by atoms with Crippen molar-refractivity contribution in [3.63, 3.8) is 0 Å². The Morgan fingerprint density at radius 3 is 3.00 bits per heavy atom. The largest absolute Gasteiger partial charge is 0.380 e. The molecule has 74 valence electrons. The van der Waals surface area contributed by atoms with Gasteiger partial charge in [-0.25, -0.2) is 4.98 Å². The lowest BCUT2D eigenvalue weighted by Crippen LogP contribution is -2.25. The van der Waals surface area contributed by atoms with Crippen LogP contribution in [0.25, 0.3) is 0 Å². The molecule has 1 aromatic rings. The Morgan fingerprint density at radius 2 is 2.46 bits per heavy atom. The van der Waals surface area contributed by atoms with Gasteiger partial charge < -0.3 is 10.1 Å². The number of hydrogen-bond donors (Lipinski definition) is 1. The third-order valence-electron chi connectivity index (χ3n) is 1.78. The summed E-state index contributed by atoms with van der Waals surface area (Å²) in [6.45, 7) is 5.76. The number of nitrogens with one attached hydrogen (secondary N) is 1. The van der Waals surface area contributed by atoms with Gasteiger partial charge in [0.05, 0.1) is 6.10 Å². The molecule has 0 bridgehead atoms. The Bertz CT molecular complexity index is 250. The minimum Gasteiger partial charge on any atom is -0.380 e. The fourth-order valence-corrected chi connectivity index (χ4v) is 1.69. The summed E-state index contributed by atoms with van der Waals surface area (Å²) in [6, 6.07) is 0. The van der Waals surface area contributed by atoms with Gasteiger partial charge in [-0.05, 0) is 13.8 Å². The fourth-order valence-electron chi connectivity index (χ4n) is 0.950. The molecule has 4 heteroatoms. The minimum atomic E-state index is 0.265. The molecule has 0 aliphatic rings. The maximum Gasteiger partial charge on any atom is 0.107 e. The third-order valence-corrected chi connectivity index (χ3v) is 2.74. The van der Waals surface area contributed by atoms with Gasteiger partial charge in [-0.2, -0.15) is 0 Å². The Kier molecular flexibility index (Phi) is 4.35. The first-order valence-corrected chi connectivity index (χ1v) is 5.25. The number of nitrogens with zero attached hydrogens (tertiary/aromatic N) is 1. The van der Waals surface area contributed by atoms with Crippen molar-refractivity contribution in [2.45, 2.75) is 26.5 Å². The van der Waals surface area contributed by atoms with Crippen LogP contribution in [-0.4, -0.2) is 24.7 Å². The first-order valence-electron chi connectivity index (χ1n) is 4.37. The van der Waals surface area contributed by atoms with Crippen molar-refractivity contribution in [3.8, 4) is 0 Å². The summed E-state index contributed by atoms with van der Waals surface area (Å²) in [5.41, 5.74) is 1.10. The van der Waals surface area contributed by atoms with E-state index in [2.05, 4.69) is 15.7 Å². The van der Waals surface area contributed by atoms with Crippen molar-refractivity contribution in [1.82, 2.24) is 10.3 Å². The number of aromatic nitrogens is 1. The van der Waals surface area contributed by atoms with E-state index in [1.807, 2.05) is 13.8 Å². The Morgan fingerprint density at radius 1 is 1.69 bits per heavy atom. The summed E-state index contributed by atoms with van der Waals surface area (Å²) in [4.78, 5) is 4.35. The van der Waals surface area contributed by atoms with E-state index in [1.165, 1.54) is 0 Å². The molecule has 0 spiro atoms. The van der Waals surface area contributed by atoms with E-state index in [0.717, 1.165) is 23.8 Å². The number of aryl methyl sites for hydroxylation is 1. The van der Waals surface area contributed by atoms with Crippen molar-refractivity contribution >= 4 is 11.3 Å². The number of rotatable bonds is 5. The molecule has 1 heterocycles. The Balaban J connectivity index is 2.20. The summed E-state index contributed by atoms with van der Waals surface area (Å²) < 4.78 is 5.11. The summed E-state index contributed by atoms with van der Waals surface area (Å²) in [7, 11) is 1.72. The predicted octanol–water partition coefficient (Wildman–Crippen LogP) is 1.58. The van der Waals surface area contributed by atoms with Crippen LogP contribution in [0.15, 0.2) is 5.38 Å². The van der Waals surface area contributed by atoms with Crippen molar-refractivity contribution < 1.29 is 4.74 Å². The van der Waals surface area contributed by atoms with E-state index in [4.69, 9.17) is 4.74 Å². The van der Waals surface area contributed by atoms with Gasteiger partial charge in [-0.3, -0.25) is 0 Å². The first-order chi connectivity index (χ1) is 6.22. The van der Waals surface area contributed by atoms with Crippen LogP contribution in [0.5, 0.6) is 0 Å². The molecular formula is C9H16N2OS. The highest BCUT2D eigenvalue weighted by Gasteiger charge is 2.00. The van der Waals surface area contributed by atoms with Gasteiger partial charge in [-0.1, -0.05) is 0 Å². The topological polar surface area (TPSA) is 34.1 Å². The lowest BCUT2D eigenvalue weighted by Gasteiger charge is -2.08. The summed E-state index contributed by atoms with van der Waals surface area (Å²) in [5, 5.41) is 6.49. The molecule has 1 unspecified atom stereocenters. The van der Waals surface area contributed by atoms with E-state index in [-0.39, 0.29) is 6.10 Å². The summed E-state index contributed by atoms with van der Waals surface area (Å²) >= 11 is 1.69.